The van der Waals surface area contributed by atoms with Crippen LogP contribution in [0.1, 0.15) is 18.1 Å². The van der Waals surface area contributed by atoms with Gasteiger partial charge in [0.1, 0.15) is 5.60 Å². The van der Waals surface area contributed by atoms with E-state index in [0.717, 1.165) is 25.6 Å². The van der Waals surface area contributed by atoms with Crippen LogP contribution in [0.25, 0.3) is 15.7 Å². The molecule has 1 heterocycles. The van der Waals surface area contributed by atoms with Crippen molar-refractivity contribution in [3.8, 4) is 0 Å². The molecular weight excluding hydrogens is 439 g/mol. The number of nitrogens with zero attached hydrogens (tertiary/aromatic N) is 2. The first kappa shape index (κ1) is 18.6. The van der Waals surface area contributed by atoms with Crippen molar-refractivity contribution in [1.29, 1.82) is 0 Å². The highest BCUT2D eigenvalue weighted by molar-refractivity contribution is 14.1. The van der Waals surface area contributed by atoms with E-state index >= 15 is 0 Å². The summed E-state index contributed by atoms with van der Waals surface area (Å²) in [7, 11) is 0. The summed E-state index contributed by atoms with van der Waals surface area (Å²) < 4.78 is 3.06. The summed E-state index contributed by atoms with van der Waals surface area (Å²) in [5.74, 6) is -0.236. The number of hydrogen-bond acceptors (Lipinski definition) is 2. The maximum atomic E-state index is 12.7. The Morgan fingerprint density at radius 2 is 2.04 bits per heavy atom. The van der Waals surface area contributed by atoms with Crippen LogP contribution in [-0.4, -0.2) is 21.1 Å². The van der Waals surface area contributed by atoms with Crippen LogP contribution < -0.4 is 0 Å². The molecule has 0 fully saturated rings. The Morgan fingerprint density at radius 1 is 1.27 bits per heavy atom. The molecule has 1 aromatic heterocycles. The SMILES string of the molecule is [C-]#[N+]c1ccc(CC(=O)[C@@](C)(O)Cn2ccc3cc(I)ccc32)cc1C. The van der Waals surface area contributed by atoms with Gasteiger partial charge in [-0.2, -0.15) is 0 Å². The normalized spacial score (nSPS) is 13.3. The molecule has 0 saturated heterocycles. The summed E-state index contributed by atoms with van der Waals surface area (Å²) in [6.07, 6.45) is 2.04. The topological polar surface area (TPSA) is 46.6 Å². The van der Waals surface area contributed by atoms with Crippen LogP contribution in [0.5, 0.6) is 0 Å². The van der Waals surface area contributed by atoms with E-state index in [9.17, 15) is 9.90 Å². The first-order chi connectivity index (χ1) is 12.3. The molecule has 0 aliphatic heterocycles. The second-order valence-corrected chi connectivity index (χ2v) is 8.00. The van der Waals surface area contributed by atoms with E-state index in [1.54, 1.807) is 19.1 Å². The zero-order chi connectivity index (χ0) is 18.9. The van der Waals surface area contributed by atoms with Crippen LogP contribution in [0.3, 0.4) is 0 Å². The van der Waals surface area contributed by atoms with E-state index in [0.29, 0.717) is 5.69 Å². The highest BCUT2D eigenvalue weighted by Gasteiger charge is 2.30. The van der Waals surface area contributed by atoms with Gasteiger partial charge in [0.05, 0.1) is 13.1 Å². The number of hydrogen-bond donors (Lipinski definition) is 1. The number of aryl methyl sites for hydroxylation is 1. The van der Waals surface area contributed by atoms with Crippen molar-refractivity contribution in [3.63, 3.8) is 0 Å². The quantitative estimate of drug-likeness (QED) is 0.447. The van der Waals surface area contributed by atoms with Gasteiger partial charge in [-0.15, -0.1) is 0 Å². The van der Waals surface area contributed by atoms with Crippen molar-refractivity contribution in [2.45, 2.75) is 32.4 Å². The molecule has 3 rings (SSSR count). The van der Waals surface area contributed by atoms with Crippen molar-refractivity contribution in [1.82, 2.24) is 4.57 Å². The van der Waals surface area contributed by atoms with Crippen LogP contribution in [0.15, 0.2) is 48.7 Å². The van der Waals surface area contributed by atoms with Crippen molar-refractivity contribution < 1.29 is 9.90 Å². The molecule has 0 amide bonds. The molecule has 0 aliphatic rings. The van der Waals surface area contributed by atoms with Gasteiger partial charge in [-0.05, 0) is 71.8 Å². The van der Waals surface area contributed by atoms with Crippen LogP contribution >= 0.6 is 22.6 Å². The third-order valence-corrected chi connectivity index (χ3v) is 5.23. The molecule has 0 unspecified atom stereocenters. The molecule has 26 heavy (non-hydrogen) atoms. The molecule has 5 heteroatoms. The predicted molar refractivity (Wildman–Crippen MR) is 111 cm³/mol. The number of rotatable bonds is 5. The standard InChI is InChI=1S/C21H19IN2O2/c1-14-10-15(4-6-18(14)23-3)11-20(25)21(2,26)13-24-9-8-16-12-17(22)5-7-19(16)24/h4-10,12,26H,11,13H2,1-2H3/t21-/m0/s1. The van der Waals surface area contributed by atoms with Crippen molar-refractivity contribution in [3.05, 3.63) is 74.8 Å². The lowest BCUT2D eigenvalue weighted by Crippen LogP contribution is -2.40. The van der Waals surface area contributed by atoms with E-state index in [2.05, 4.69) is 33.5 Å². The number of carbonyl (C=O) groups excluding carboxylic acids is 1. The summed E-state index contributed by atoms with van der Waals surface area (Å²) in [5.41, 5.74) is 1.77. The smallest absolute Gasteiger partial charge is 0.190 e. The number of aromatic nitrogens is 1. The molecule has 1 N–H and O–H groups in total. The lowest BCUT2D eigenvalue weighted by atomic mass is 9.94. The number of fused-ring (bicyclic) bond motifs is 1. The summed E-state index contributed by atoms with van der Waals surface area (Å²) in [6.45, 7) is 10.7. The van der Waals surface area contributed by atoms with E-state index in [4.69, 9.17) is 6.57 Å². The molecule has 0 saturated carbocycles. The minimum absolute atomic E-state index is 0.142. The van der Waals surface area contributed by atoms with Gasteiger partial charge in [-0.3, -0.25) is 4.79 Å². The number of halogens is 1. The second kappa shape index (κ2) is 7.22. The Morgan fingerprint density at radius 3 is 2.73 bits per heavy atom. The van der Waals surface area contributed by atoms with E-state index in [1.807, 2.05) is 42.0 Å². The Balaban J connectivity index is 1.79. The Labute approximate surface area is 166 Å². The third kappa shape index (κ3) is 3.81. The number of Topliss-reactive ketones (excluding diaryl/α,β-unsaturated/α-hetero) is 1. The largest absolute Gasteiger partial charge is 0.380 e. The average Bonchev–Trinajstić information content (AvgIpc) is 2.96. The monoisotopic (exact) mass is 458 g/mol. The Kier molecular flexibility index (Phi) is 5.17. The third-order valence-electron chi connectivity index (χ3n) is 4.56. The van der Waals surface area contributed by atoms with Crippen LogP contribution in [0, 0.1) is 17.1 Å². The highest BCUT2D eigenvalue weighted by Crippen LogP contribution is 2.23. The fourth-order valence-corrected chi connectivity index (χ4v) is 3.57. The first-order valence-corrected chi connectivity index (χ1v) is 9.35. The van der Waals surface area contributed by atoms with Gasteiger partial charge in [-0.25, -0.2) is 4.85 Å². The maximum absolute atomic E-state index is 12.7. The van der Waals surface area contributed by atoms with Crippen LogP contribution in [-0.2, 0) is 17.8 Å². The Bertz CT molecular complexity index is 1030. The summed E-state index contributed by atoms with van der Waals surface area (Å²) in [6, 6.07) is 13.4. The maximum Gasteiger partial charge on any atom is 0.190 e. The predicted octanol–water partition coefficient (Wildman–Crippen LogP) is 4.67. The lowest BCUT2D eigenvalue weighted by molar-refractivity contribution is -0.136. The van der Waals surface area contributed by atoms with Gasteiger partial charge in [0, 0.05) is 27.1 Å². The summed E-state index contributed by atoms with van der Waals surface area (Å²) in [5, 5.41) is 11.9. The highest BCUT2D eigenvalue weighted by atomic mass is 127. The number of aliphatic hydroxyl groups is 1. The van der Waals surface area contributed by atoms with Gasteiger partial charge in [0.25, 0.3) is 0 Å². The molecule has 0 aliphatic carbocycles. The van der Waals surface area contributed by atoms with Crippen molar-refractivity contribution in [2.75, 3.05) is 0 Å². The molecule has 1 atom stereocenters. The van der Waals surface area contributed by atoms with Gasteiger partial charge in [-0.1, -0.05) is 18.2 Å². The van der Waals surface area contributed by atoms with E-state index in [1.165, 1.54) is 0 Å². The molecule has 4 nitrogen and oxygen atoms in total. The molecule has 2 aromatic carbocycles. The molecule has 0 spiro atoms. The minimum atomic E-state index is -1.47. The molecule has 0 radical (unpaired) electrons. The zero-order valence-corrected chi connectivity index (χ0v) is 16.8. The van der Waals surface area contributed by atoms with Crippen LogP contribution in [0.4, 0.5) is 5.69 Å². The molecular formula is C21H19IN2O2. The number of ketones is 1. The molecule has 0 bridgehead atoms. The lowest BCUT2D eigenvalue weighted by Gasteiger charge is -2.23. The summed E-state index contributed by atoms with van der Waals surface area (Å²) >= 11 is 2.26. The average molecular weight is 458 g/mol. The van der Waals surface area contributed by atoms with Gasteiger partial charge in [0.15, 0.2) is 11.5 Å². The van der Waals surface area contributed by atoms with Gasteiger partial charge in [0.2, 0.25) is 0 Å². The van der Waals surface area contributed by atoms with Crippen molar-refractivity contribution >= 4 is 45.0 Å². The van der Waals surface area contributed by atoms with E-state index in [-0.39, 0.29) is 18.7 Å². The zero-order valence-electron chi connectivity index (χ0n) is 14.7. The van der Waals surface area contributed by atoms with Gasteiger partial charge >= 0.3 is 0 Å². The fourth-order valence-electron chi connectivity index (χ4n) is 3.06. The fraction of sp³-hybridized carbons (Fsp3) is 0.238. The Hall–Kier alpha value is -2.17. The second-order valence-electron chi connectivity index (χ2n) is 6.75. The number of benzene rings is 2. The molecule has 132 valence electrons. The van der Waals surface area contributed by atoms with Crippen molar-refractivity contribution in [2.24, 2.45) is 0 Å². The summed E-state index contributed by atoms with van der Waals surface area (Å²) in [4.78, 5) is 16.1. The van der Waals surface area contributed by atoms with E-state index < -0.39 is 5.60 Å². The first-order valence-electron chi connectivity index (χ1n) is 8.27. The minimum Gasteiger partial charge on any atom is -0.380 e. The number of carbonyl (C=O) groups is 1. The van der Waals surface area contributed by atoms with Crippen LogP contribution in [0.2, 0.25) is 0 Å². The van der Waals surface area contributed by atoms with Gasteiger partial charge < -0.3 is 9.67 Å². The molecule has 3 aromatic rings.